The van der Waals surface area contributed by atoms with Gasteiger partial charge in [0.25, 0.3) is 0 Å². The van der Waals surface area contributed by atoms with Gasteiger partial charge in [-0.1, -0.05) is 17.7 Å². The van der Waals surface area contributed by atoms with E-state index in [9.17, 15) is 18.0 Å². The van der Waals surface area contributed by atoms with Gasteiger partial charge in [-0.25, -0.2) is 13.2 Å². The normalized spacial score (nSPS) is 17.4. The Kier molecular flexibility index (Phi) is 6.61. The Morgan fingerprint density at radius 2 is 1.56 bits per heavy atom. The van der Waals surface area contributed by atoms with Crippen molar-refractivity contribution < 1.29 is 18.0 Å². The molecule has 2 rings (SSSR count). The zero-order valence-electron chi connectivity index (χ0n) is 16.5. The molecule has 0 spiro atoms. The lowest BCUT2D eigenvalue weighted by molar-refractivity contribution is -0.125. The molecule has 2 N–H and O–H groups in total. The van der Waals surface area contributed by atoms with Crippen molar-refractivity contribution >= 4 is 22.0 Å². The summed E-state index contributed by atoms with van der Waals surface area (Å²) >= 11 is 0. The summed E-state index contributed by atoms with van der Waals surface area (Å²) in [7, 11) is -2.15. The average Bonchev–Trinajstić information content (AvgIpc) is 2.59. The first kappa shape index (κ1) is 21.3. The molecule has 0 aromatic heterocycles. The minimum atomic E-state index is -3.59. The summed E-state index contributed by atoms with van der Waals surface area (Å²) in [5.74, 6) is -0.407. The van der Waals surface area contributed by atoms with Gasteiger partial charge in [-0.05, 0) is 38.8 Å². The van der Waals surface area contributed by atoms with E-state index in [1.165, 1.54) is 11.4 Å². The van der Waals surface area contributed by atoms with E-state index in [1.807, 2.05) is 37.8 Å². The van der Waals surface area contributed by atoms with Gasteiger partial charge < -0.3 is 5.32 Å². The SMILES string of the molecule is CNC(=O)NC(=O)[C@@H](C)N1CCN(S(=O)(=O)c2c(C)cc(C)cc2C)CC1. The van der Waals surface area contributed by atoms with Crippen LogP contribution in [0.15, 0.2) is 17.0 Å². The molecule has 9 heteroatoms. The summed E-state index contributed by atoms with van der Waals surface area (Å²) in [6, 6.07) is 2.68. The molecule has 3 amide bonds. The predicted octanol–water partition coefficient (Wildman–Crippen LogP) is 0.762. The zero-order chi connectivity index (χ0) is 20.4. The van der Waals surface area contributed by atoms with E-state index in [-0.39, 0.29) is 0 Å². The Bertz CT molecular complexity index is 807. The molecule has 8 nitrogen and oxygen atoms in total. The fourth-order valence-corrected chi connectivity index (χ4v) is 5.31. The van der Waals surface area contributed by atoms with Crippen LogP contribution in [0.3, 0.4) is 0 Å². The van der Waals surface area contributed by atoms with E-state index in [0.29, 0.717) is 31.1 Å². The van der Waals surface area contributed by atoms with Crippen LogP contribution >= 0.6 is 0 Å². The average molecular weight is 397 g/mol. The van der Waals surface area contributed by atoms with Crippen molar-refractivity contribution in [2.24, 2.45) is 0 Å². The topological polar surface area (TPSA) is 98.8 Å². The maximum atomic E-state index is 13.1. The molecular formula is C18H28N4O4S. The lowest BCUT2D eigenvalue weighted by atomic mass is 10.1. The van der Waals surface area contributed by atoms with Gasteiger partial charge in [0, 0.05) is 33.2 Å². The van der Waals surface area contributed by atoms with Crippen molar-refractivity contribution in [1.82, 2.24) is 19.8 Å². The molecule has 1 atom stereocenters. The molecule has 1 fully saturated rings. The number of piperazine rings is 1. The highest BCUT2D eigenvalue weighted by Crippen LogP contribution is 2.26. The summed E-state index contributed by atoms with van der Waals surface area (Å²) < 4.78 is 27.7. The van der Waals surface area contributed by atoms with Crippen molar-refractivity contribution in [3.8, 4) is 0 Å². The number of nitrogens with one attached hydrogen (secondary N) is 2. The smallest absolute Gasteiger partial charge is 0.321 e. The standard InChI is InChI=1S/C18H28N4O4S/c1-12-10-13(2)16(14(3)11-12)27(25,26)22-8-6-21(7-9-22)15(4)17(23)20-18(24)19-5/h10-11,15H,6-9H2,1-5H3,(H2,19,20,23,24)/t15-/m1/s1. The van der Waals surface area contributed by atoms with Crippen molar-refractivity contribution in [2.75, 3.05) is 33.2 Å². The first-order valence-corrected chi connectivity index (χ1v) is 10.4. The van der Waals surface area contributed by atoms with E-state index in [2.05, 4.69) is 10.6 Å². The Balaban J connectivity index is 2.09. The number of hydrogen-bond donors (Lipinski definition) is 2. The van der Waals surface area contributed by atoms with Crippen LogP contribution in [0.1, 0.15) is 23.6 Å². The predicted molar refractivity (Wildman–Crippen MR) is 103 cm³/mol. The molecule has 0 bridgehead atoms. The number of urea groups is 1. The Labute approximate surface area is 161 Å². The minimum Gasteiger partial charge on any atom is -0.341 e. The van der Waals surface area contributed by atoms with Gasteiger partial charge in [-0.15, -0.1) is 0 Å². The highest BCUT2D eigenvalue weighted by molar-refractivity contribution is 7.89. The van der Waals surface area contributed by atoms with Gasteiger partial charge in [0.15, 0.2) is 0 Å². The number of hydrogen-bond acceptors (Lipinski definition) is 5. The molecular weight excluding hydrogens is 368 g/mol. The van der Waals surface area contributed by atoms with E-state index < -0.39 is 28.0 Å². The number of carbonyl (C=O) groups excluding carboxylic acids is 2. The van der Waals surface area contributed by atoms with E-state index in [4.69, 9.17) is 0 Å². The third-order valence-corrected chi connectivity index (χ3v) is 7.07. The largest absolute Gasteiger partial charge is 0.341 e. The fourth-order valence-electron chi connectivity index (χ4n) is 3.48. The first-order chi connectivity index (χ1) is 12.6. The van der Waals surface area contributed by atoms with Crippen LogP contribution in [0.5, 0.6) is 0 Å². The summed E-state index contributed by atoms with van der Waals surface area (Å²) in [5, 5.41) is 4.59. The number of benzene rings is 1. The Morgan fingerprint density at radius 1 is 1.04 bits per heavy atom. The molecule has 1 aliphatic heterocycles. The molecule has 0 radical (unpaired) electrons. The fraction of sp³-hybridized carbons (Fsp3) is 0.556. The van der Waals surface area contributed by atoms with Gasteiger partial charge in [0.05, 0.1) is 10.9 Å². The van der Waals surface area contributed by atoms with Crippen LogP contribution in [0.4, 0.5) is 4.79 Å². The van der Waals surface area contributed by atoms with Crippen LogP contribution in [-0.2, 0) is 14.8 Å². The Hall–Kier alpha value is -1.97. The van der Waals surface area contributed by atoms with E-state index >= 15 is 0 Å². The zero-order valence-corrected chi connectivity index (χ0v) is 17.3. The molecule has 0 saturated carbocycles. The Morgan fingerprint density at radius 3 is 2.04 bits per heavy atom. The second-order valence-electron chi connectivity index (χ2n) is 6.91. The molecule has 1 heterocycles. The third-order valence-electron chi connectivity index (χ3n) is 4.87. The van der Waals surface area contributed by atoms with Gasteiger partial charge in [0.1, 0.15) is 0 Å². The number of nitrogens with zero attached hydrogens (tertiary/aromatic N) is 2. The van der Waals surface area contributed by atoms with Gasteiger partial charge in [-0.2, -0.15) is 4.31 Å². The molecule has 1 aliphatic rings. The van der Waals surface area contributed by atoms with Gasteiger partial charge >= 0.3 is 6.03 Å². The summed E-state index contributed by atoms with van der Waals surface area (Å²) in [6.07, 6.45) is 0. The van der Waals surface area contributed by atoms with Crippen molar-refractivity contribution in [2.45, 2.75) is 38.6 Å². The number of aryl methyl sites for hydroxylation is 3. The van der Waals surface area contributed by atoms with Crippen LogP contribution in [0.2, 0.25) is 0 Å². The van der Waals surface area contributed by atoms with E-state index in [0.717, 1.165) is 16.7 Å². The van der Waals surface area contributed by atoms with Crippen LogP contribution in [0.25, 0.3) is 0 Å². The summed E-state index contributed by atoms with van der Waals surface area (Å²) in [4.78, 5) is 25.6. The van der Waals surface area contributed by atoms with Crippen molar-refractivity contribution in [3.05, 3.63) is 28.8 Å². The van der Waals surface area contributed by atoms with Crippen LogP contribution < -0.4 is 10.6 Å². The number of carbonyl (C=O) groups is 2. The molecule has 27 heavy (non-hydrogen) atoms. The number of imide groups is 1. The molecule has 1 saturated heterocycles. The van der Waals surface area contributed by atoms with E-state index in [1.54, 1.807) is 6.92 Å². The molecule has 150 valence electrons. The monoisotopic (exact) mass is 396 g/mol. The second kappa shape index (κ2) is 8.37. The second-order valence-corrected chi connectivity index (χ2v) is 8.79. The van der Waals surface area contributed by atoms with Crippen LogP contribution in [-0.4, -0.2) is 68.8 Å². The summed E-state index contributed by atoms with van der Waals surface area (Å²) in [6.45, 7) is 8.72. The molecule has 0 unspecified atom stereocenters. The molecule has 1 aromatic rings. The maximum Gasteiger partial charge on any atom is 0.321 e. The maximum absolute atomic E-state index is 13.1. The van der Waals surface area contributed by atoms with Crippen LogP contribution in [0, 0.1) is 20.8 Å². The quantitative estimate of drug-likeness (QED) is 0.783. The number of amides is 3. The lowest BCUT2D eigenvalue weighted by Gasteiger charge is -2.37. The van der Waals surface area contributed by atoms with Gasteiger partial charge in [-0.3, -0.25) is 15.0 Å². The molecule has 0 aliphatic carbocycles. The van der Waals surface area contributed by atoms with Crippen molar-refractivity contribution in [1.29, 1.82) is 0 Å². The first-order valence-electron chi connectivity index (χ1n) is 8.92. The summed E-state index contributed by atoms with van der Waals surface area (Å²) in [5.41, 5.74) is 2.52. The van der Waals surface area contributed by atoms with Gasteiger partial charge in [0.2, 0.25) is 15.9 Å². The van der Waals surface area contributed by atoms with Crippen molar-refractivity contribution in [3.63, 3.8) is 0 Å². The number of rotatable bonds is 4. The highest BCUT2D eigenvalue weighted by atomic mass is 32.2. The minimum absolute atomic E-state index is 0.298. The number of sulfonamides is 1. The highest BCUT2D eigenvalue weighted by Gasteiger charge is 2.33. The lowest BCUT2D eigenvalue weighted by Crippen LogP contribution is -2.56. The third kappa shape index (κ3) is 4.66. The molecule has 1 aromatic carbocycles.